The van der Waals surface area contributed by atoms with Crippen molar-refractivity contribution in [1.82, 2.24) is 0 Å². The Hall–Kier alpha value is -0.380. The zero-order valence-electron chi connectivity index (χ0n) is 9.32. The van der Waals surface area contributed by atoms with Gasteiger partial charge in [0.05, 0.1) is 6.61 Å². The predicted octanol–water partition coefficient (Wildman–Crippen LogP) is 2.77. The van der Waals surface area contributed by atoms with Crippen molar-refractivity contribution in [3.8, 4) is 0 Å². The molecule has 1 fully saturated rings. The minimum atomic E-state index is -0.000784. The Morgan fingerprint density at radius 2 is 2.38 bits per heavy atom. The fourth-order valence-corrected chi connectivity index (χ4v) is 3.56. The molecule has 0 bridgehead atoms. The SMILES string of the molecule is CN(c1cccc(Cl)c1CO)C1CCSC1. The van der Waals surface area contributed by atoms with Crippen LogP contribution < -0.4 is 4.90 Å². The van der Waals surface area contributed by atoms with Gasteiger partial charge in [0.15, 0.2) is 0 Å². The first-order valence-electron chi connectivity index (χ1n) is 5.43. The summed E-state index contributed by atoms with van der Waals surface area (Å²) in [4.78, 5) is 2.25. The second-order valence-corrected chi connectivity index (χ2v) is 5.58. The zero-order valence-corrected chi connectivity index (χ0v) is 10.9. The van der Waals surface area contributed by atoms with Crippen molar-refractivity contribution in [2.24, 2.45) is 0 Å². The van der Waals surface area contributed by atoms with E-state index < -0.39 is 0 Å². The summed E-state index contributed by atoms with van der Waals surface area (Å²) in [5, 5.41) is 10.0. The van der Waals surface area contributed by atoms with Crippen molar-refractivity contribution in [2.45, 2.75) is 19.1 Å². The van der Waals surface area contributed by atoms with Crippen LogP contribution in [0.15, 0.2) is 18.2 Å². The van der Waals surface area contributed by atoms with Gasteiger partial charge in [0, 0.05) is 35.1 Å². The van der Waals surface area contributed by atoms with E-state index >= 15 is 0 Å². The monoisotopic (exact) mass is 257 g/mol. The molecule has 0 saturated carbocycles. The molecule has 16 heavy (non-hydrogen) atoms. The van der Waals surface area contributed by atoms with Crippen LogP contribution in [-0.4, -0.2) is 29.7 Å². The van der Waals surface area contributed by atoms with Crippen molar-refractivity contribution in [2.75, 3.05) is 23.5 Å². The Morgan fingerprint density at radius 1 is 1.56 bits per heavy atom. The largest absolute Gasteiger partial charge is 0.392 e. The molecule has 1 atom stereocenters. The number of nitrogens with zero attached hydrogens (tertiary/aromatic N) is 1. The maximum atomic E-state index is 9.37. The number of hydrogen-bond acceptors (Lipinski definition) is 3. The normalized spacial score (nSPS) is 20.1. The van der Waals surface area contributed by atoms with Gasteiger partial charge in [-0.25, -0.2) is 0 Å². The third-order valence-corrected chi connectivity index (χ3v) is 4.58. The Kier molecular flexibility index (Phi) is 4.00. The maximum Gasteiger partial charge on any atom is 0.0716 e. The summed E-state index contributed by atoms with van der Waals surface area (Å²) in [6, 6.07) is 6.36. The van der Waals surface area contributed by atoms with Gasteiger partial charge in [-0.3, -0.25) is 0 Å². The van der Waals surface area contributed by atoms with Crippen LogP contribution in [0.1, 0.15) is 12.0 Å². The van der Waals surface area contributed by atoms with E-state index in [-0.39, 0.29) is 6.61 Å². The fraction of sp³-hybridized carbons (Fsp3) is 0.500. The number of aliphatic hydroxyl groups excluding tert-OH is 1. The van der Waals surface area contributed by atoms with Gasteiger partial charge in [0.25, 0.3) is 0 Å². The highest BCUT2D eigenvalue weighted by molar-refractivity contribution is 7.99. The molecule has 2 rings (SSSR count). The van der Waals surface area contributed by atoms with Crippen LogP contribution >= 0.6 is 23.4 Å². The predicted molar refractivity (Wildman–Crippen MR) is 71.5 cm³/mol. The van der Waals surface area contributed by atoms with Crippen LogP contribution in [0.2, 0.25) is 5.02 Å². The Morgan fingerprint density at radius 3 is 3.00 bits per heavy atom. The summed E-state index contributed by atoms with van der Waals surface area (Å²) >= 11 is 8.07. The minimum Gasteiger partial charge on any atom is -0.392 e. The van der Waals surface area contributed by atoms with Gasteiger partial charge in [0.1, 0.15) is 0 Å². The smallest absolute Gasteiger partial charge is 0.0716 e. The van der Waals surface area contributed by atoms with Crippen molar-refractivity contribution in [1.29, 1.82) is 0 Å². The number of rotatable bonds is 3. The van der Waals surface area contributed by atoms with Gasteiger partial charge in [0.2, 0.25) is 0 Å². The summed E-state index contributed by atoms with van der Waals surface area (Å²) in [5.41, 5.74) is 1.89. The van der Waals surface area contributed by atoms with Crippen molar-refractivity contribution in [3.05, 3.63) is 28.8 Å². The number of benzene rings is 1. The molecule has 2 nitrogen and oxygen atoms in total. The standard InChI is InChI=1S/C12H16ClNOS/c1-14(9-5-6-16-8-9)12-4-2-3-11(13)10(12)7-15/h2-4,9,15H,5-8H2,1H3. The second-order valence-electron chi connectivity index (χ2n) is 4.02. The summed E-state index contributed by atoms with van der Waals surface area (Å²) in [7, 11) is 2.08. The molecule has 0 aromatic heterocycles. The van der Waals surface area contributed by atoms with E-state index in [9.17, 15) is 5.11 Å². The molecule has 1 heterocycles. The number of halogens is 1. The quantitative estimate of drug-likeness (QED) is 0.901. The van der Waals surface area contributed by atoms with Crippen LogP contribution in [0.3, 0.4) is 0 Å². The number of anilines is 1. The zero-order chi connectivity index (χ0) is 11.5. The first kappa shape index (κ1) is 12.1. The lowest BCUT2D eigenvalue weighted by molar-refractivity contribution is 0.282. The van der Waals surface area contributed by atoms with E-state index in [1.807, 2.05) is 30.0 Å². The highest BCUT2D eigenvalue weighted by atomic mass is 35.5. The van der Waals surface area contributed by atoms with E-state index in [0.29, 0.717) is 11.1 Å². The third kappa shape index (κ3) is 2.31. The van der Waals surface area contributed by atoms with E-state index in [2.05, 4.69) is 11.9 Å². The molecule has 0 radical (unpaired) electrons. The lowest BCUT2D eigenvalue weighted by Crippen LogP contribution is -2.32. The Balaban J connectivity index is 2.27. The highest BCUT2D eigenvalue weighted by Gasteiger charge is 2.22. The van der Waals surface area contributed by atoms with E-state index in [4.69, 9.17) is 11.6 Å². The Labute approximate surface area is 106 Å². The molecule has 1 aliphatic rings. The van der Waals surface area contributed by atoms with Crippen LogP contribution in [0.5, 0.6) is 0 Å². The first-order valence-corrected chi connectivity index (χ1v) is 6.96. The average Bonchev–Trinajstić information content (AvgIpc) is 2.81. The van der Waals surface area contributed by atoms with Crippen molar-refractivity contribution in [3.63, 3.8) is 0 Å². The molecule has 1 saturated heterocycles. The molecule has 4 heteroatoms. The van der Waals surface area contributed by atoms with Gasteiger partial charge in [-0.1, -0.05) is 17.7 Å². The number of aliphatic hydroxyl groups is 1. The summed E-state index contributed by atoms with van der Waals surface area (Å²) in [6.45, 7) is -0.000784. The number of thioether (sulfide) groups is 1. The molecule has 1 N–H and O–H groups in total. The number of hydrogen-bond donors (Lipinski definition) is 1. The molecule has 0 spiro atoms. The Bertz CT molecular complexity index is 366. The molecule has 1 aliphatic heterocycles. The van der Waals surface area contributed by atoms with Gasteiger partial charge < -0.3 is 10.0 Å². The molecule has 88 valence electrons. The topological polar surface area (TPSA) is 23.5 Å². The van der Waals surface area contributed by atoms with Gasteiger partial charge in [-0.05, 0) is 24.3 Å². The maximum absolute atomic E-state index is 9.37. The molecule has 1 aromatic carbocycles. The first-order chi connectivity index (χ1) is 7.74. The van der Waals surface area contributed by atoms with Crippen LogP contribution in [0.4, 0.5) is 5.69 Å². The molecule has 0 amide bonds. The summed E-state index contributed by atoms with van der Waals surface area (Å²) in [5.74, 6) is 2.39. The van der Waals surface area contributed by atoms with E-state index in [1.54, 1.807) is 0 Å². The van der Waals surface area contributed by atoms with Gasteiger partial charge in [-0.2, -0.15) is 11.8 Å². The van der Waals surface area contributed by atoms with Crippen molar-refractivity contribution < 1.29 is 5.11 Å². The second kappa shape index (κ2) is 5.30. The van der Waals surface area contributed by atoms with Crippen LogP contribution in [0, 0.1) is 0 Å². The van der Waals surface area contributed by atoms with Gasteiger partial charge >= 0.3 is 0 Å². The van der Waals surface area contributed by atoms with Gasteiger partial charge in [-0.15, -0.1) is 0 Å². The lowest BCUT2D eigenvalue weighted by Gasteiger charge is -2.28. The fourth-order valence-electron chi connectivity index (χ4n) is 2.06. The van der Waals surface area contributed by atoms with Crippen molar-refractivity contribution >= 4 is 29.1 Å². The summed E-state index contributed by atoms with van der Waals surface area (Å²) in [6.07, 6.45) is 1.21. The lowest BCUT2D eigenvalue weighted by atomic mass is 10.1. The highest BCUT2D eigenvalue weighted by Crippen LogP contribution is 2.31. The van der Waals surface area contributed by atoms with Crippen LogP contribution in [-0.2, 0) is 6.61 Å². The molecule has 0 aliphatic carbocycles. The third-order valence-electron chi connectivity index (χ3n) is 3.09. The van der Waals surface area contributed by atoms with E-state index in [0.717, 1.165) is 17.0 Å². The molecule has 1 aromatic rings. The molecular weight excluding hydrogens is 242 g/mol. The average molecular weight is 258 g/mol. The van der Waals surface area contributed by atoms with E-state index in [1.165, 1.54) is 12.2 Å². The summed E-state index contributed by atoms with van der Waals surface area (Å²) < 4.78 is 0. The minimum absolute atomic E-state index is 0.000784. The van der Waals surface area contributed by atoms with Crippen LogP contribution in [0.25, 0.3) is 0 Å². The molecular formula is C12H16ClNOS. The molecule has 1 unspecified atom stereocenters.